The van der Waals surface area contributed by atoms with E-state index in [4.69, 9.17) is 9.84 Å². The molecule has 2 aromatic rings. The molecule has 6 nitrogen and oxygen atoms in total. The van der Waals surface area contributed by atoms with E-state index in [-0.39, 0.29) is 6.61 Å². The molecule has 0 aliphatic rings. The molecule has 102 valence electrons. The highest BCUT2D eigenvalue weighted by molar-refractivity contribution is 7.18. The van der Waals surface area contributed by atoms with Crippen LogP contribution in [0.1, 0.15) is 10.4 Å². The number of anilines is 1. The summed E-state index contributed by atoms with van der Waals surface area (Å²) in [6.45, 7) is 4.65. The lowest BCUT2D eigenvalue weighted by Crippen LogP contribution is -2.14. The van der Waals surface area contributed by atoms with Gasteiger partial charge in [-0.3, -0.25) is 0 Å². The van der Waals surface area contributed by atoms with E-state index in [0.717, 1.165) is 16.0 Å². The van der Waals surface area contributed by atoms with Gasteiger partial charge in [-0.15, -0.1) is 11.3 Å². The highest BCUT2D eigenvalue weighted by Crippen LogP contribution is 2.32. The van der Waals surface area contributed by atoms with E-state index in [1.54, 1.807) is 11.3 Å². The van der Waals surface area contributed by atoms with Gasteiger partial charge in [-0.1, -0.05) is 0 Å². The van der Waals surface area contributed by atoms with Crippen LogP contribution in [0.3, 0.4) is 0 Å². The maximum absolute atomic E-state index is 10.3. The first-order valence-electron chi connectivity index (χ1n) is 5.83. The smallest absolute Gasteiger partial charge is 0.329 e. The van der Waals surface area contributed by atoms with Gasteiger partial charge in [0.25, 0.3) is 0 Å². The van der Waals surface area contributed by atoms with Gasteiger partial charge in [-0.25, -0.2) is 14.8 Å². The molecule has 0 unspecified atom stereocenters. The largest absolute Gasteiger partial charge is 0.480 e. The average Bonchev–Trinajstić information content (AvgIpc) is 2.65. The third-order valence-electron chi connectivity index (χ3n) is 2.73. The zero-order valence-corrected chi connectivity index (χ0v) is 11.6. The number of thiophene rings is 1. The second kappa shape index (κ2) is 5.94. The van der Waals surface area contributed by atoms with Crippen LogP contribution in [-0.4, -0.2) is 40.8 Å². The van der Waals surface area contributed by atoms with Crippen molar-refractivity contribution in [3.05, 3.63) is 16.8 Å². The molecule has 0 saturated heterocycles. The van der Waals surface area contributed by atoms with E-state index in [9.17, 15) is 4.79 Å². The summed E-state index contributed by atoms with van der Waals surface area (Å²) in [4.78, 5) is 20.9. The minimum atomic E-state index is -0.964. The molecule has 0 aliphatic heterocycles. The lowest BCUT2D eigenvalue weighted by atomic mass is 10.2. The van der Waals surface area contributed by atoms with E-state index >= 15 is 0 Å². The summed E-state index contributed by atoms with van der Waals surface area (Å²) in [6, 6.07) is 0. The number of carboxylic acid groups (broad SMARTS) is 1. The normalized spacial score (nSPS) is 10.8. The Labute approximate surface area is 114 Å². The second-order valence-corrected chi connectivity index (χ2v) is 5.26. The number of carboxylic acids is 1. The van der Waals surface area contributed by atoms with Gasteiger partial charge in [0.1, 0.15) is 23.6 Å². The minimum Gasteiger partial charge on any atom is -0.480 e. The Morgan fingerprint density at radius 3 is 3.00 bits per heavy atom. The molecular weight excluding hydrogens is 266 g/mol. The Morgan fingerprint density at radius 1 is 1.47 bits per heavy atom. The minimum absolute atomic E-state index is 0.280. The highest BCUT2D eigenvalue weighted by atomic mass is 32.1. The molecule has 0 fully saturated rings. The third-order valence-corrected chi connectivity index (χ3v) is 3.84. The van der Waals surface area contributed by atoms with E-state index in [0.29, 0.717) is 13.2 Å². The molecule has 2 aromatic heterocycles. The predicted molar refractivity (Wildman–Crippen MR) is 73.8 cm³/mol. The third kappa shape index (κ3) is 3.18. The van der Waals surface area contributed by atoms with Gasteiger partial charge in [0.15, 0.2) is 0 Å². The number of carbonyl (C=O) groups is 1. The topological polar surface area (TPSA) is 84.3 Å². The van der Waals surface area contributed by atoms with Crippen LogP contribution < -0.4 is 5.32 Å². The highest BCUT2D eigenvalue weighted by Gasteiger charge is 2.11. The number of nitrogens with one attached hydrogen (secondary N) is 1. The van der Waals surface area contributed by atoms with Gasteiger partial charge in [0, 0.05) is 11.4 Å². The molecule has 7 heteroatoms. The number of hydrogen-bond acceptors (Lipinski definition) is 6. The summed E-state index contributed by atoms with van der Waals surface area (Å²) < 4.78 is 4.96. The maximum atomic E-state index is 10.3. The fourth-order valence-electron chi connectivity index (χ4n) is 1.72. The number of nitrogens with zero attached hydrogens (tertiary/aromatic N) is 2. The van der Waals surface area contributed by atoms with Gasteiger partial charge in [-0.05, 0) is 19.4 Å². The molecule has 2 heterocycles. The molecule has 0 saturated carbocycles. The fraction of sp³-hybridized carbons (Fsp3) is 0.417. The van der Waals surface area contributed by atoms with Crippen molar-refractivity contribution < 1.29 is 14.6 Å². The van der Waals surface area contributed by atoms with Crippen molar-refractivity contribution in [2.75, 3.05) is 25.1 Å². The number of hydrogen-bond donors (Lipinski definition) is 2. The zero-order valence-electron chi connectivity index (χ0n) is 10.8. The van der Waals surface area contributed by atoms with Gasteiger partial charge in [0.05, 0.1) is 12.0 Å². The van der Waals surface area contributed by atoms with Crippen molar-refractivity contribution in [3.8, 4) is 0 Å². The van der Waals surface area contributed by atoms with E-state index in [1.807, 2.05) is 6.92 Å². The average molecular weight is 281 g/mol. The monoisotopic (exact) mass is 281 g/mol. The molecule has 0 aromatic carbocycles. The lowest BCUT2D eigenvalue weighted by molar-refractivity contribution is -0.142. The number of aromatic nitrogens is 2. The molecular formula is C12H15N3O3S. The van der Waals surface area contributed by atoms with E-state index in [1.165, 1.54) is 16.8 Å². The van der Waals surface area contributed by atoms with Crippen molar-refractivity contribution in [2.45, 2.75) is 13.8 Å². The molecule has 2 rings (SSSR count). The van der Waals surface area contributed by atoms with Crippen molar-refractivity contribution >= 4 is 33.3 Å². The van der Waals surface area contributed by atoms with Crippen LogP contribution in [0.25, 0.3) is 10.2 Å². The first kappa shape index (κ1) is 13.7. The number of ether oxygens (including phenoxy) is 1. The van der Waals surface area contributed by atoms with Gasteiger partial charge >= 0.3 is 5.97 Å². The SMILES string of the molecule is Cc1sc2ncnc(NCCOCC(=O)O)c2c1C. The summed E-state index contributed by atoms with van der Waals surface area (Å²) in [5.74, 6) is -0.195. The zero-order chi connectivity index (χ0) is 13.8. The van der Waals surface area contributed by atoms with Gasteiger partial charge in [-0.2, -0.15) is 0 Å². The number of aryl methyl sites for hydroxylation is 2. The second-order valence-electron chi connectivity index (χ2n) is 4.06. The lowest BCUT2D eigenvalue weighted by Gasteiger charge is -2.07. The predicted octanol–water partition coefficient (Wildman–Crippen LogP) is 1.82. The number of fused-ring (bicyclic) bond motifs is 1. The molecule has 0 aliphatic carbocycles. The van der Waals surface area contributed by atoms with Crippen LogP contribution in [-0.2, 0) is 9.53 Å². The summed E-state index contributed by atoms with van der Waals surface area (Å²) in [6.07, 6.45) is 1.53. The number of aliphatic carboxylic acids is 1. The van der Waals surface area contributed by atoms with Gasteiger partial charge < -0.3 is 15.2 Å². The molecule has 2 N–H and O–H groups in total. The summed E-state index contributed by atoms with van der Waals surface area (Å²) in [5.41, 5.74) is 1.18. The van der Waals surface area contributed by atoms with Gasteiger partial charge in [0.2, 0.25) is 0 Å². The van der Waals surface area contributed by atoms with Crippen LogP contribution in [0.2, 0.25) is 0 Å². The van der Waals surface area contributed by atoms with Crippen LogP contribution >= 0.6 is 11.3 Å². The fourth-order valence-corrected chi connectivity index (χ4v) is 2.71. The Bertz CT molecular complexity index is 597. The number of rotatable bonds is 6. The molecule has 0 radical (unpaired) electrons. The van der Waals surface area contributed by atoms with Crippen molar-refractivity contribution in [2.24, 2.45) is 0 Å². The van der Waals surface area contributed by atoms with Crippen molar-refractivity contribution in [1.29, 1.82) is 0 Å². The van der Waals surface area contributed by atoms with Crippen LogP contribution in [0, 0.1) is 13.8 Å². The standard InChI is InChI=1S/C12H15N3O3S/c1-7-8(2)19-12-10(7)11(14-6-15-12)13-3-4-18-5-9(16)17/h6H,3-5H2,1-2H3,(H,16,17)(H,13,14,15). The summed E-state index contributed by atoms with van der Waals surface area (Å²) in [7, 11) is 0. The maximum Gasteiger partial charge on any atom is 0.329 e. The van der Waals surface area contributed by atoms with Crippen LogP contribution in [0.15, 0.2) is 6.33 Å². The molecule has 0 bridgehead atoms. The van der Waals surface area contributed by atoms with E-state index in [2.05, 4.69) is 22.2 Å². The molecule has 0 spiro atoms. The quantitative estimate of drug-likeness (QED) is 0.786. The summed E-state index contributed by atoms with van der Waals surface area (Å²) >= 11 is 1.64. The Morgan fingerprint density at radius 2 is 2.26 bits per heavy atom. The first-order chi connectivity index (χ1) is 9.09. The molecule has 19 heavy (non-hydrogen) atoms. The Hall–Kier alpha value is -1.73. The summed E-state index contributed by atoms with van der Waals surface area (Å²) in [5, 5.41) is 12.6. The molecule has 0 amide bonds. The van der Waals surface area contributed by atoms with Crippen molar-refractivity contribution in [3.63, 3.8) is 0 Å². The first-order valence-corrected chi connectivity index (χ1v) is 6.65. The Balaban J connectivity index is 2.02. The van der Waals surface area contributed by atoms with E-state index < -0.39 is 5.97 Å². The van der Waals surface area contributed by atoms with Crippen molar-refractivity contribution in [1.82, 2.24) is 9.97 Å². The van der Waals surface area contributed by atoms with Crippen LogP contribution in [0.4, 0.5) is 5.82 Å². The van der Waals surface area contributed by atoms with Crippen LogP contribution in [0.5, 0.6) is 0 Å². The molecule has 0 atom stereocenters. The Kier molecular flexibility index (Phi) is 4.28.